The van der Waals surface area contributed by atoms with Crippen LogP contribution in [0.15, 0.2) is 140 Å². The summed E-state index contributed by atoms with van der Waals surface area (Å²) >= 11 is 23.7. The summed E-state index contributed by atoms with van der Waals surface area (Å²) in [6.45, 7) is 3.79. The molecular weight excluding hydrogens is 802 g/mol. The number of nitrogen functional groups attached to an aromatic ring is 1. The number of aromatic hydroxyl groups is 2. The van der Waals surface area contributed by atoms with Crippen LogP contribution in [0.5, 0.6) is 11.5 Å². The molecule has 0 aliphatic rings. The molecule has 0 bridgehead atoms. The van der Waals surface area contributed by atoms with Crippen molar-refractivity contribution in [2.24, 2.45) is 0 Å². The van der Waals surface area contributed by atoms with Crippen LogP contribution in [-0.2, 0) is 0 Å². The predicted octanol–water partition coefficient (Wildman–Crippen LogP) is 11.9. The Morgan fingerprint density at radius 2 is 1.23 bits per heavy atom. The van der Waals surface area contributed by atoms with Gasteiger partial charge in [-0.3, -0.25) is 14.8 Å². The number of nitrogens with zero attached hydrogens (tertiary/aromatic N) is 4. The molecule has 4 aromatic carbocycles. The van der Waals surface area contributed by atoms with E-state index in [2.05, 4.69) is 25.3 Å². The van der Waals surface area contributed by atoms with Crippen molar-refractivity contribution in [1.82, 2.24) is 19.9 Å². The van der Waals surface area contributed by atoms with E-state index in [4.69, 9.17) is 52.1 Å². The Morgan fingerprint density at radius 1 is 0.632 bits per heavy atom. The third-order valence-electron chi connectivity index (χ3n) is 8.36. The van der Waals surface area contributed by atoms with Crippen LogP contribution in [0.4, 0.5) is 11.6 Å². The lowest BCUT2D eigenvalue weighted by Gasteiger charge is -2.23. The number of halogens is 4. The number of nitrogens with two attached hydrogens (primary N) is 1. The topological polar surface area (TPSA) is 147 Å². The number of carbonyl (C=O) groups is 1. The van der Waals surface area contributed by atoms with E-state index in [-0.39, 0.29) is 11.5 Å². The number of hydrogen-bond acceptors (Lipinski definition) is 9. The highest BCUT2D eigenvalue weighted by molar-refractivity contribution is 6.33. The molecule has 8 rings (SSSR count). The van der Waals surface area contributed by atoms with Crippen molar-refractivity contribution in [3.8, 4) is 11.5 Å². The van der Waals surface area contributed by atoms with Crippen LogP contribution >= 0.6 is 46.4 Å². The number of aryl methyl sites for hydroxylation is 2. The molecule has 1 unspecified atom stereocenters. The summed E-state index contributed by atoms with van der Waals surface area (Å²) in [6.07, 6.45) is 7.19. The number of phenols is 2. The Balaban J connectivity index is 0.000000173. The van der Waals surface area contributed by atoms with Crippen LogP contribution in [0.1, 0.15) is 38.7 Å². The van der Waals surface area contributed by atoms with Gasteiger partial charge in [0.25, 0.3) is 0 Å². The number of benzene rings is 4. The van der Waals surface area contributed by atoms with Crippen LogP contribution in [0.3, 0.4) is 0 Å². The van der Waals surface area contributed by atoms with Gasteiger partial charge in [0.05, 0.1) is 21.1 Å². The van der Waals surface area contributed by atoms with E-state index in [1.54, 1.807) is 61.1 Å². The molecule has 4 aromatic heterocycles. The molecule has 9 nitrogen and oxygen atoms in total. The Morgan fingerprint density at radius 3 is 1.82 bits per heavy atom. The minimum Gasteiger partial charge on any atom is -0.506 e. The number of phenolic OH excluding ortho intramolecular Hbond substituents is 2. The van der Waals surface area contributed by atoms with Crippen molar-refractivity contribution in [2.75, 3.05) is 11.1 Å². The molecule has 0 saturated heterocycles. The zero-order chi connectivity index (χ0) is 40.9. The number of rotatable bonds is 5. The molecule has 57 heavy (non-hydrogen) atoms. The summed E-state index contributed by atoms with van der Waals surface area (Å²) in [4.78, 5) is 26.7. The van der Waals surface area contributed by atoms with Crippen molar-refractivity contribution in [3.63, 3.8) is 0 Å². The molecule has 8 aromatic rings. The first-order valence-corrected chi connectivity index (χ1v) is 18.8. The van der Waals surface area contributed by atoms with Gasteiger partial charge >= 0.3 is 0 Å². The van der Waals surface area contributed by atoms with E-state index in [0.29, 0.717) is 53.9 Å². The molecule has 0 saturated carbocycles. The second-order valence-electron chi connectivity index (χ2n) is 12.3. The van der Waals surface area contributed by atoms with E-state index in [9.17, 15) is 15.0 Å². The SMILES string of the molecule is Cc1cc(Cl)cnc1N.Cc1cc(Cl)cnc1NC(c1ccccc1Cl)c1ccc2cccnc2c1O.O=Cc1ccccc1Cl.Oc1cccc2cccnc12. The maximum Gasteiger partial charge on any atom is 0.151 e. The number of nitrogens with one attached hydrogen (secondary N) is 1. The van der Waals surface area contributed by atoms with E-state index in [0.717, 1.165) is 33.7 Å². The van der Waals surface area contributed by atoms with Gasteiger partial charge in [-0.05, 0) is 73.0 Å². The molecule has 13 heteroatoms. The van der Waals surface area contributed by atoms with E-state index in [1.165, 1.54) is 6.20 Å². The predicted molar refractivity (Wildman–Crippen MR) is 233 cm³/mol. The summed E-state index contributed by atoms with van der Waals surface area (Å²) in [7, 11) is 0. The summed E-state index contributed by atoms with van der Waals surface area (Å²) in [6, 6.07) is 34.3. The lowest BCUT2D eigenvalue weighted by atomic mass is 9.96. The Kier molecular flexibility index (Phi) is 15.0. The molecule has 0 fully saturated rings. The molecule has 0 amide bonds. The molecular formula is C44H36Cl4N6O3. The lowest BCUT2D eigenvalue weighted by molar-refractivity contribution is 0.112. The zero-order valence-electron chi connectivity index (χ0n) is 30.6. The first-order valence-electron chi connectivity index (χ1n) is 17.3. The monoisotopic (exact) mass is 836 g/mol. The van der Waals surface area contributed by atoms with Crippen molar-refractivity contribution >= 4 is 86.1 Å². The number of pyridine rings is 4. The maximum absolute atomic E-state index is 11.0. The highest BCUT2D eigenvalue weighted by atomic mass is 35.5. The zero-order valence-corrected chi connectivity index (χ0v) is 33.6. The van der Waals surface area contributed by atoms with Gasteiger partial charge < -0.3 is 21.3 Å². The van der Waals surface area contributed by atoms with Crippen molar-refractivity contribution < 1.29 is 15.0 Å². The number of hydrogen-bond donors (Lipinski definition) is 4. The number of fused-ring (bicyclic) bond motifs is 2. The van der Waals surface area contributed by atoms with Crippen molar-refractivity contribution in [1.29, 1.82) is 0 Å². The average Bonchev–Trinajstić information content (AvgIpc) is 3.21. The van der Waals surface area contributed by atoms with Gasteiger partial charge in [-0.1, -0.05) is 119 Å². The van der Waals surface area contributed by atoms with Gasteiger partial charge in [0, 0.05) is 51.7 Å². The Labute approximate surface area is 349 Å². The van der Waals surface area contributed by atoms with E-state index < -0.39 is 6.04 Å². The number of aldehydes is 1. The van der Waals surface area contributed by atoms with Crippen molar-refractivity contribution in [3.05, 3.63) is 188 Å². The quantitative estimate of drug-likeness (QED) is 0.124. The van der Waals surface area contributed by atoms with Gasteiger partial charge in [-0.2, -0.15) is 0 Å². The largest absolute Gasteiger partial charge is 0.506 e. The van der Waals surface area contributed by atoms with Crippen LogP contribution in [0.25, 0.3) is 21.8 Å². The lowest BCUT2D eigenvalue weighted by Crippen LogP contribution is -2.15. The third kappa shape index (κ3) is 11.3. The summed E-state index contributed by atoms with van der Waals surface area (Å²) in [5.74, 6) is 1.56. The molecule has 0 aliphatic carbocycles. The molecule has 4 heterocycles. The van der Waals surface area contributed by atoms with E-state index >= 15 is 0 Å². The number of carbonyl (C=O) groups excluding carboxylic acids is 1. The maximum atomic E-state index is 11.0. The normalized spacial score (nSPS) is 10.8. The molecule has 1 atom stereocenters. The Hall–Kier alpha value is -5.97. The minimum absolute atomic E-state index is 0.113. The Bertz CT molecular complexity index is 2620. The number of anilines is 2. The average molecular weight is 839 g/mol. The fourth-order valence-electron chi connectivity index (χ4n) is 5.45. The second kappa shape index (κ2) is 20.3. The highest BCUT2D eigenvalue weighted by Gasteiger charge is 2.23. The smallest absolute Gasteiger partial charge is 0.151 e. The summed E-state index contributed by atoms with van der Waals surface area (Å²) in [5, 5.41) is 27.8. The fourth-order valence-corrected chi connectivity index (χ4v) is 6.30. The summed E-state index contributed by atoms with van der Waals surface area (Å²) < 4.78 is 0. The van der Waals surface area contributed by atoms with E-state index in [1.807, 2.05) is 86.6 Å². The molecule has 0 radical (unpaired) electrons. The van der Waals surface area contributed by atoms with Gasteiger partial charge in [-0.15, -0.1) is 0 Å². The second-order valence-corrected chi connectivity index (χ2v) is 14.0. The molecule has 288 valence electrons. The van der Waals surface area contributed by atoms with Gasteiger partial charge in [-0.25, -0.2) is 9.97 Å². The standard InChI is InChI=1S/C22H17Cl2N3O.C9H7NO.C7H5ClO.C6H7ClN2/c1-13-11-15(23)12-26-22(13)27-20(16-6-2-3-7-18(16)24)17-9-8-14-5-4-10-25-19(14)21(17)28;11-8-5-1-3-7-4-2-6-10-9(7)8;8-7-4-2-1-3-6(7)5-9;1-4-2-5(7)3-9-6(4)8/h2-12,20,28H,1H3,(H,26,27);1-6,11H;1-5H;2-3H,1H3,(H2,8,9). The van der Waals surface area contributed by atoms with Crippen LogP contribution in [-0.4, -0.2) is 36.4 Å². The summed E-state index contributed by atoms with van der Waals surface area (Å²) in [5.41, 5.74) is 10.5. The van der Waals surface area contributed by atoms with Crippen LogP contribution < -0.4 is 11.1 Å². The molecule has 0 spiro atoms. The van der Waals surface area contributed by atoms with Crippen LogP contribution in [0, 0.1) is 13.8 Å². The van der Waals surface area contributed by atoms with Gasteiger partial charge in [0.2, 0.25) is 0 Å². The number of aromatic nitrogens is 4. The first kappa shape index (κ1) is 42.2. The highest BCUT2D eigenvalue weighted by Crippen LogP contribution is 2.39. The van der Waals surface area contributed by atoms with Crippen LogP contribution in [0.2, 0.25) is 20.1 Å². The first-order chi connectivity index (χ1) is 27.5. The minimum atomic E-state index is -0.424. The fraction of sp³-hybridized carbons (Fsp3) is 0.0682. The van der Waals surface area contributed by atoms with Crippen molar-refractivity contribution in [2.45, 2.75) is 19.9 Å². The number of para-hydroxylation sites is 1. The molecule has 5 N–H and O–H groups in total. The van der Waals surface area contributed by atoms with Gasteiger partial charge in [0.15, 0.2) is 6.29 Å². The third-order valence-corrected chi connectivity index (χ3v) is 9.46. The molecule has 0 aliphatic heterocycles. The van der Waals surface area contributed by atoms with Gasteiger partial charge in [0.1, 0.15) is 34.2 Å².